The molecule has 0 atom stereocenters. The third kappa shape index (κ3) is 8.50. The first-order valence-electron chi connectivity index (χ1n) is 7.23. The molecular formula is C16H21BrO4. The van der Waals surface area contributed by atoms with Crippen molar-refractivity contribution in [2.75, 3.05) is 6.61 Å². The Kier molecular flexibility index (Phi) is 8.74. The largest absolute Gasteiger partial charge is 0.466 e. The molecule has 0 N–H and O–H groups in total. The number of carbonyl (C=O) groups is 2. The average molecular weight is 357 g/mol. The lowest BCUT2D eigenvalue weighted by Gasteiger charge is -2.05. The van der Waals surface area contributed by atoms with Gasteiger partial charge in [0.05, 0.1) is 6.61 Å². The number of esters is 2. The summed E-state index contributed by atoms with van der Waals surface area (Å²) >= 11 is 3.31. The molecule has 0 saturated heterocycles. The number of rotatable bonds is 9. The van der Waals surface area contributed by atoms with Crippen LogP contribution >= 0.6 is 15.9 Å². The number of unbranched alkanes of at least 4 members (excludes halogenated alkanes) is 2. The zero-order chi connectivity index (χ0) is 15.5. The summed E-state index contributed by atoms with van der Waals surface area (Å²) in [5.41, 5.74) is 0. The zero-order valence-corrected chi connectivity index (χ0v) is 13.9. The predicted octanol–water partition coefficient (Wildman–Crippen LogP) is 4.26. The topological polar surface area (TPSA) is 52.6 Å². The van der Waals surface area contributed by atoms with Gasteiger partial charge in [-0.3, -0.25) is 9.59 Å². The Morgan fingerprint density at radius 2 is 1.67 bits per heavy atom. The molecule has 0 saturated carbocycles. The van der Waals surface area contributed by atoms with E-state index in [-0.39, 0.29) is 24.8 Å². The van der Waals surface area contributed by atoms with Gasteiger partial charge in [-0.25, -0.2) is 0 Å². The summed E-state index contributed by atoms with van der Waals surface area (Å²) in [5, 5.41) is 0. The third-order valence-corrected chi connectivity index (χ3v) is 3.35. The van der Waals surface area contributed by atoms with Crippen LogP contribution in [-0.2, 0) is 14.3 Å². The Morgan fingerprint density at radius 1 is 1.00 bits per heavy atom. The molecule has 0 spiro atoms. The fourth-order valence-corrected chi connectivity index (χ4v) is 1.94. The van der Waals surface area contributed by atoms with Crippen molar-refractivity contribution in [3.05, 3.63) is 28.7 Å². The maximum Gasteiger partial charge on any atom is 0.311 e. The van der Waals surface area contributed by atoms with Gasteiger partial charge in [-0.05, 0) is 37.1 Å². The SMILES string of the molecule is CCCCCOC(=O)CCCC(=O)Oc1ccc(Br)cc1. The van der Waals surface area contributed by atoms with Crippen LogP contribution in [0.15, 0.2) is 28.7 Å². The predicted molar refractivity (Wildman–Crippen MR) is 84.1 cm³/mol. The van der Waals surface area contributed by atoms with Gasteiger partial charge in [0.15, 0.2) is 0 Å². The van der Waals surface area contributed by atoms with Crippen LogP contribution in [-0.4, -0.2) is 18.5 Å². The molecule has 0 heterocycles. The maximum absolute atomic E-state index is 11.6. The van der Waals surface area contributed by atoms with Gasteiger partial charge in [-0.1, -0.05) is 35.7 Å². The first-order valence-corrected chi connectivity index (χ1v) is 8.03. The number of ether oxygens (including phenoxy) is 2. The molecule has 5 heteroatoms. The molecule has 0 aliphatic carbocycles. The molecule has 0 radical (unpaired) electrons. The summed E-state index contributed by atoms with van der Waals surface area (Å²) in [6.45, 7) is 2.56. The number of hydrogen-bond donors (Lipinski definition) is 0. The van der Waals surface area contributed by atoms with Crippen molar-refractivity contribution >= 4 is 27.9 Å². The second-order valence-corrected chi connectivity index (χ2v) is 5.62. The van der Waals surface area contributed by atoms with Crippen molar-refractivity contribution in [3.63, 3.8) is 0 Å². The summed E-state index contributed by atoms with van der Waals surface area (Å²) in [5.74, 6) is -0.0796. The van der Waals surface area contributed by atoms with Crippen molar-refractivity contribution in [1.82, 2.24) is 0 Å². The van der Waals surface area contributed by atoms with Gasteiger partial charge in [0.2, 0.25) is 0 Å². The van der Waals surface area contributed by atoms with Crippen LogP contribution < -0.4 is 4.74 Å². The van der Waals surface area contributed by atoms with Crippen LogP contribution in [0.5, 0.6) is 5.75 Å². The van der Waals surface area contributed by atoms with Crippen molar-refractivity contribution in [2.45, 2.75) is 45.4 Å². The maximum atomic E-state index is 11.6. The lowest BCUT2D eigenvalue weighted by Crippen LogP contribution is -2.10. The van der Waals surface area contributed by atoms with Gasteiger partial charge in [-0.15, -0.1) is 0 Å². The summed E-state index contributed by atoms with van der Waals surface area (Å²) in [6.07, 6.45) is 3.96. The fourth-order valence-electron chi connectivity index (χ4n) is 1.67. The smallest absolute Gasteiger partial charge is 0.311 e. The highest BCUT2D eigenvalue weighted by Crippen LogP contribution is 2.16. The molecule has 0 aliphatic rings. The molecule has 1 rings (SSSR count). The van der Waals surface area contributed by atoms with Crippen LogP contribution in [0.1, 0.15) is 45.4 Å². The van der Waals surface area contributed by atoms with Crippen molar-refractivity contribution < 1.29 is 19.1 Å². The van der Waals surface area contributed by atoms with E-state index in [0.717, 1.165) is 23.7 Å². The van der Waals surface area contributed by atoms with E-state index < -0.39 is 0 Å². The second kappa shape index (κ2) is 10.4. The van der Waals surface area contributed by atoms with Gasteiger partial charge in [0.25, 0.3) is 0 Å². The van der Waals surface area contributed by atoms with Gasteiger partial charge >= 0.3 is 11.9 Å². The fraction of sp³-hybridized carbons (Fsp3) is 0.500. The van der Waals surface area contributed by atoms with E-state index in [9.17, 15) is 9.59 Å². The minimum Gasteiger partial charge on any atom is -0.466 e. The van der Waals surface area contributed by atoms with Crippen molar-refractivity contribution in [3.8, 4) is 5.75 Å². The molecule has 0 fully saturated rings. The Balaban J connectivity index is 2.12. The quantitative estimate of drug-likeness (QED) is 0.377. The Morgan fingerprint density at radius 3 is 2.33 bits per heavy atom. The second-order valence-electron chi connectivity index (χ2n) is 4.71. The summed E-state index contributed by atoms with van der Waals surface area (Å²) in [7, 11) is 0. The Hall–Kier alpha value is -1.36. The van der Waals surface area contributed by atoms with Crippen molar-refractivity contribution in [2.24, 2.45) is 0 Å². The molecule has 1 aromatic rings. The molecular weight excluding hydrogens is 336 g/mol. The lowest BCUT2D eigenvalue weighted by molar-refractivity contribution is -0.144. The van der Waals surface area contributed by atoms with E-state index in [2.05, 4.69) is 22.9 Å². The molecule has 0 amide bonds. The van der Waals surface area contributed by atoms with E-state index in [4.69, 9.17) is 9.47 Å². The van der Waals surface area contributed by atoms with E-state index in [0.29, 0.717) is 18.8 Å². The molecule has 21 heavy (non-hydrogen) atoms. The molecule has 116 valence electrons. The Bertz CT molecular complexity index is 442. The van der Waals surface area contributed by atoms with Gasteiger partial charge in [0, 0.05) is 17.3 Å². The zero-order valence-electron chi connectivity index (χ0n) is 12.3. The number of hydrogen-bond acceptors (Lipinski definition) is 4. The minimum atomic E-state index is -0.337. The number of halogens is 1. The van der Waals surface area contributed by atoms with Gasteiger partial charge in [-0.2, -0.15) is 0 Å². The summed E-state index contributed by atoms with van der Waals surface area (Å²) in [4.78, 5) is 23.0. The molecule has 1 aromatic carbocycles. The molecule has 0 aliphatic heterocycles. The third-order valence-electron chi connectivity index (χ3n) is 2.82. The van der Waals surface area contributed by atoms with Crippen LogP contribution in [0.25, 0.3) is 0 Å². The van der Waals surface area contributed by atoms with Crippen LogP contribution in [0.4, 0.5) is 0 Å². The molecule has 0 bridgehead atoms. The van der Waals surface area contributed by atoms with Crippen molar-refractivity contribution in [1.29, 1.82) is 0 Å². The van der Waals surface area contributed by atoms with E-state index in [1.165, 1.54) is 0 Å². The lowest BCUT2D eigenvalue weighted by atomic mass is 10.2. The first-order chi connectivity index (χ1) is 10.1. The number of benzene rings is 1. The Labute approximate surface area is 133 Å². The highest BCUT2D eigenvalue weighted by atomic mass is 79.9. The van der Waals surface area contributed by atoms with E-state index >= 15 is 0 Å². The van der Waals surface area contributed by atoms with E-state index in [1.54, 1.807) is 24.3 Å². The summed E-state index contributed by atoms with van der Waals surface area (Å²) < 4.78 is 11.1. The highest BCUT2D eigenvalue weighted by Gasteiger charge is 2.08. The average Bonchev–Trinajstić information content (AvgIpc) is 2.46. The van der Waals surface area contributed by atoms with Crippen LogP contribution in [0.3, 0.4) is 0 Å². The highest BCUT2D eigenvalue weighted by molar-refractivity contribution is 9.10. The van der Waals surface area contributed by atoms with Crippen LogP contribution in [0, 0.1) is 0 Å². The minimum absolute atomic E-state index is 0.208. The number of carbonyl (C=O) groups excluding carboxylic acids is 2. The molecule has 0 aromatic heterocycles. The first kappa shape index (κ1) is 17.7. The summed E-state index contributed by atoms with van der Waals surface area (Å²) in [6, 6.07) is 7.03. The van der Waals surface area contributed by atoms with E-state index in [1.807, 2.05) is 0 Å². The standard InChI is InChI=1S/C16H21BrO4/c1-2-3-4-12-20-15(18)6-5-7-16(19)21-14-10-8-13(17)9-11-14/h8-11H,2-7,12H2,1H3. The monoisotopic (exact) mass is 356 g/mol. The molecule has 0 unspecified atom stereocenters. The normalized spacial score (nSPS) is 10.2. The van der Waals surface area contributed by atoms with Crippen LogP contribution in [0.2, 0.25) is 0 Å². The van der Waals surface area contributed by atoms with Gasteiger partial charge < -0.3 is 9.47 Å². The molecule has 4 nitrogen and oxygen atoms in total. The van der Waals surface area contributed by atoms with Gasteiger partial charge in [0.1, 0.15) is 5.75 Å².